The van der Waals surface area contributed by atoms with Gasteiger partial charge in [0, 0.05) is 51.7 Å². The van der Waals surface area contributed by atoms with Gasteiger partial charge in [-0.3, -0.25) is 0 Å². The fourth-order valence-corrected chi connectivity index (χ4v) is 3.64. The summed E-state index contributed by atoms with van der Waals surface area (Å²) in [6, 6.07) is 8.13. The predicted octanol–water partition coefficient (Wildman–Crippen LogP) is 2.58. The topological polar surface area (TPSA) is 48.4 Å². The van der Waals surface area contributed by atoms with Crippen LogP contribution in [0.1, 0.15) is 25.7 Å². The number of aromatic nitrogens is 3. The van der Waals surface area contributed by atoms with E-state index in [0.29, 0.717) is 0 Å². The molecule has 0 amide bonds. The minimum Gasteiger partial charge on any atom is -0.353 e. The van der Waals surface area contributed by atoms with Crippen LogP contribution < -0.4 is 14.7 Å². The zero-order valence-electron chi connectivity index (χ0n) is 14.7. The number of pyridine rings is 1. The van der Waals surface area contributed by atoms with Crippen LogP contribution in [0.3, 0.4) is 0 Å². The maximum Gasteiger partial charge on any atom is 0.227 e. The molecule has 0 N–H and O–H groups in total. The minimum absolute atomic E-state index is 0.895. The summed E-state index contributed by atoms with van der Waals surface area (Å²) >= 11 is 0. The van der Waals surface area contributed by atoms with Crippen molar-refractivity contribution < 1.29 is 0 Å². The molecule has 2 aliphatic rings. The Morgan fingerprint density at radius 3 is 2.00 bits per heavy atom. The second kappa shape index (κ2) is 7.68. The normalized spacial score (nSPS) is 19.0. The molecule has 2 fully saturated rings. The first-order valence-electron chi connectivity index (χ1n) is 9.39. The molecular formula is C19H26N6. The smallest absolute Gasteiger partial charge is 0.227 e. The van der Waals surface area contributed by atoms with Crippen LogP contribution in [0, 0.1) is 0 Å². The number of hydrogen-bond donors (Lipinski definition) is 0. The highest BCUT2D eigenvalue weighted by atomic mass is 15.3. The number of nitrogens with zero attached hydrogens (tertiary/aromatic N) is 6. The molecular weight excluding hydrogens is 312 g/mol. The van der Waals surface area contributed by atoms with E-state index < -0.39 is 0 Å². The average Bonchev–Trinajstić information content (AvgIpc) is 2.99. The first-order valence-corrected chi connectivity index (χ1v) is 9.39. The van der Waals surface area contributed by atoms with Crippen molar-refractivity contribution in [3.05, 3.63) is 36.7 Å². The number of hydrogen-bond acceptors (Lipinski definition) is 6. The lowest BCUT2D eigenvalue weighted by molar-refractivity contribution is 0.639. The summed E-state index contributed by atoms with van der Waals surface area (Å²) in [7, 11) is 0. The monoisotopic (exact) mass is 338 g/mol. The van der Waals surface area contributed by atoms with E-state index in [1.807, 2.05) is 30.6 Å². The Hall–Kier alpha value is -2.37. The van der Waals surface area contributed by atoms with Crippen molar-refractivity contribution in [2.24, 2.45) is 0 Å². The molecule has 6 heteroatoms. The van der Waals surface area contributed by atoms with E-state index >= 15 is 0 Å². The van der Waals surface area contributed by atoms with Crippen LogP contribution in [0.5, 0.6) is 0 Å². The van der Waals surface area contributed by atoms with Gasteiger partial charge in [0.25, 0.3) is 0 Å². The Morgan fingerprint density at radius 2 is 1.32 bits per heavy atom. The molecule has 0 saturated carbocycles. The Morgan fingerprint density at radius 1 is 0.600 bits per heavy atom. The van der Waals surface area contributed by atoms with Gasteiger partial charge in [0.1, 0.15) is 11.6 Å². The standard InChI is InChI=1S/C19H26N6/c1-2-6-12-25(11-5-1)19-21-10-8-18(22-19)24-15-13-23(14-16-24)17-7-3-4-9-20-17/h3-4,7-10H,1-2,5-6,11-16H2. The molecule has 0 spiro atoms. The highest BCUT2D eigenvalue weighted by molar-refractivity contribution is 5.47. The fraction of sp³-hybridized carbons (Fsp3) is 0.526. The van der Waals surface area contributed by atoms with Crippen LogP contribution in [-0.4, -0.2) is 54.2 Å². The summed E-state index contributed by atoms with van der Waals surface area (Å²) in [6.45, 7) is 6.04. The van der Waals surface area contributed by atoms with Gasteiger partial charge in [-0.15, -0.1) is 0 Å². The predicted molar refractivity (Wildman–Crippen MR) is 101 cm³/mol. The molecule has 0 aromatic carbocycles. The van der Waals surface area contributed by atoms with Gasteiger partial charge in [-0.1, -0.05) is 18.9 Å². The highest BCUT2D eigenvalue weighted by Gasteiger charge is 2.20. The van der Waals surface area contributed by atoms with Gasteiger partial charge in [-0.2, -0.15) is 4.98 Å². The molecule has 6 nitrogen and oxygen atoms in total. The summed E-state index contributed by atoms with van der Waals surface area (Å²) in [5.74, 6) is 3.01. The van der Waals surface area contributed by atoms with Gasteiger partial charge in [-0.05, 0) is 31.0 Å². The molecule has 4 heterocycles. The average molecular weight is 338 g/mol. The summed E-state index contributed by atoms with van der Waals surface area (Å²) in [5, 5.41) is 0. The third-order valence-electron chi connectivity index (χ3n) is 5.09. The summed E-state index contributed by atoms with van der Waals surface area (Å²) in [6.07, 6.45) is 8.91. The second-order valence-electron chi connectivity index (χ2n) is 6.78. The zero-order valence-corrected chi connectivity index (χ0v) is 14.7. The molecule has 0 aliphatic carbocycles. The first kappa shape index (κ1) is 16.1. The van der Waals surface area contributed by atoms with Crippen LogP contribution in [0.4, 0.5) is 17.6 Å². The van der Waals surface area contributed by atoms with Crippen LogP contribution in [0.15, 0.2) is 36.7 Å². The third-order valence-corrected chi connectivity index (χ3v) is 5.09. The summed E-state index contributed by atoms with van der Waals surface area (Å²) < 4.78 is 0. The fourth-order valence-electron chi connectivity index (χ4n) is 3.64. The van der Waals surface area contributed by atoms with Crippen LogP contribution in [-0.2, 0) is 0 Å². The van der Waals surface area contributed by atoms with Gasteiger partial charge in [0.15, 0.2) is 0 Å². The van der Waals surface area contributed by atoms with Crippen molar-refractivity contribution in [1.82, 2.24) is 15.0 Å². The van der Waals surface area contributed by atoms with E-state index in [-0.39, 0.29) is 0 Å². The Labute approximate surface area is 149 Å². The van der Waals surface area contributed by atoms with Gasteiger partial charge in [-0.25, -0.2) is 9.97 Å². The van der Waals surface area contributed by atoms with Crippen molar-refractivity contribution in [3.8, 4) is 0 Å². The van der Waals surface area contributed by atoms with E-state index in [1.165, 1.54) is 25.7 Å². The van der Waals surface area contributed by atoms with Crippen LogP contribution in [0.25, 0.3) is 0 Å². The van der Waals surface area contributed by atoms with Crippen molar-refractivity contribution in [3.63, 3.8) is 0 Å². The van der Waals surface area contributed by atoms with E-state index in [0.717, 1.165) is 56.9 Å². The van der Waals surface area contributed by atoms with Gasteiger partial charge < -0.3 is 14.7 Å². The Kier molecular flexibility index (Phi) is 4.95. The lowest BCUT2D eigenvalue weighted by atomic mass is 10.2. The largest absolute Gasteiger partial charge is 0.353 e. The number of rotatable bonds is 3. The summed E-state index contributed by atoms with van der Waals surface area (Å²) in [4.78, 5) is 20.9. The van der Waals surface area contributed by atoms with Crippen molar-refractivity contribution in [1.29, 1.82) is 0 Å². The maximum atomic E-state index is 4.87. The van der Waals surface area contributed by atoms with E-state index in [9.17, 15) is 0 Å². The first-order chi connectivity index (χ1) is 12.4. The van der Waals surface area contributed by atoms with Crippen molar-refractivity contribution in [2.75, 3.05) is 54.0 Å². The molecule has 2 aromatic heterocycles. The molecule has 0 unspecified atom stereocenters. The second-order valence-corrected chi connectivity index (χ2v) is 6.78. The van der Waals surface area contributed by atoms with E-state index in [1.54, 1.807) is 0 Å². The number of piperazine rings is 1. The van der Waals surface area contributed by atoms with E-state index in [4.69, 9.17) is 4.98 Å². The maximum absolute atomic E-state index is 4.87. The Balaban J connectivity index is 1.42. The zero-order chi connectivity index (χ0) is 16.9. The molecule has 0 radical (unpaired) electrons. The Bertz CT molecular complexity index is 661. The van der Waals surface area contributed by atoms with Gasteiger partial charge in [0.2, 0.25) is 5.95 Å². The summed E-state index contributed by atoms with van der Waals surface area (Å²) in [5.41, 5.74) is 0. The molecule has 132 valence electrons. The highest BCUT2D eigenvalue weighted by Crippen LogP contribution is 2.21. The van der Waals surface area contributed by atoms with Gasteiger partial charge in [0.05, 0.1) is 0 Å². The van der Waals surface area contributed by atoms with Crippen LogP contribution >= 0.6 is 0 Å². The molecule has 25 heavy (non-hydrogen) atoms. The van der Waals surface area contributed by atoms with Gasteiger partial charge >= 0.3 is 0 Å². The van der Waals surface area contributed by atoms with E-state index in [2.05, 4.69) is 30.7 Å². The molecule has 0 bridgehead atoms. The van der Waals surface area contributed by atoms with Crippen molar-refractivity contribution >= 4 is 17.6 Å². The SMILES string of the molecule is c1ccc(N2CCN(c3ccnc(N4CCCCCC4)n3)CC2)nc1. The lowest BCUT2D eigenvalue weighted by Gasteiger charge is -2.36. The third kappa shape index (κ3) is 3.83. The van der Waals surface area contributed by atoms with Crippen LogP contribution in [0.2, 0.25) is 0 Å². The quantitative estimate of drug-likeness (QED) is 0.857. The molecule has 2 saturated heterocycles. The molecule has 4 rings (SSSR count). The molecule has 0 atom stereocenters. The lowest BCUT2D eigenvalue weighted by Crippen LogP contribution is -2.47. The van der Waals surface area contributed by atoms with Crippen molar-refractivity contribution in [2.45, 2.75) is 25.7 Å². The molecule has 2 aliphatic heterocycles. The minimum atomic E-state index is 0.895. The molecule has 2 aromatic rings. The number of anilines is 3.